The van der Waals surface area contributed by atoms with E-state index in [9.17, 15) is 4.79 Å². The molecule has 0 aliphatic carbocycles. The standard InChI is InChI=1S/C9H15N3O3/c1-7(15-2)9-8(6-14)10-11-12(9)4-3-5-13/h6-7,13H,3-5H2,1-2H3. The molecule has 1 heterocycles. The zero-order valence-corrected chi connectivity index (χ0v) is 8.88. The van der Waals surface area contributed by atoms with Crippen LogP contribution in [0, 0.1) is 0 Å². The van der Waals surface area contributed by atoms with E-state index in [0.29, 0.717) is 30.6 Å². The summed E-state index contributed by atoms with van der Waals surface area (Å²) >= 11 is 0. The van der Waals surface area contributed by atoms with Crippen molar-refractivity contribution in [2.24, 2.45) is 0 Å². The number of aryl methyl sites for hydroxylation is 1. The predicted molar refractivity (Wildman–Crippen MR) is 52.5 cm³/mol. The SMILES string of the molecule is COC(C)c1c(C=O)nnn1CCCO. The number of ether oxygens (including phenoxy) is 1. The number of hydrogen-bond donors (Lipinski definition) is 1. The van der Waals surface area contributed by atoms with E-state index in [0.717, 1.165) is 0 Å². The minimum atomic E-state index is -0.237. The van der Waals surface area contributed by atoms with Crippen molar-refractivity contribution in [1.82, 2.24) is 15.0 Å². The molecule has 1 unspecified atom stereocenters. The summed E-state index contributed by atoms with van der Waals surface area (Å²) in [6, 6.07) is 0. The molecule has 0 amide bonds. The summed E-state index contributed by atoms with van der Waals surface area (Å²) in [5.74, 6) is 0. The maximum absolute atomic E-state index is 10.7. The molecule has 84 valence electrons. The molecule has 0 aliphatic rings. The summed E-state index contributed by atoms with van der Waals surface area (Å²) in [5, 5.41) is 16.3. The number of aromatic nitrogens is 3. The number of nitrogens with zero attached hydrogens (tertiary/aromatic N) is 3. The molecule has 0 radical (unpaired) electrons. The van der Waals surface area contributed by atoms with Gasteiger partial charge in [0, 0.05) is 20.3 Å². The Kier molecular flexibility index (Phi) is 4.38. The third kappa shape index (κ3) is 2.60. The Morgan fingerprint density at radius 2 is 2.40 bits per heavy atom. The van der Waals surface area contributed by atoms with Crippen molar-refractivity contribution in [2.75, 3.05) is 13.7 Å². The van der Waals surface area contributed by atoms with Crippen molar-refractivity contribution >= 4 is 6.29 Å². The number of aldehydes is 1. The molecule has 1 aromatic heterocycles. The summed E-state index contributed by atoms with van der Waals surface area (Å²) in [7, 11) is 1.56. The minimum absolute atomic E-state index is 0.0804. The molecule has 0 saturated carbocycles. The second-order valence-electron chi connectivity index (χ2n) is 3.16. The molecule has 1 aromatic rings. The summed E-state index contributed by atoms with van der Waals surface area (Å²) in [6.07, 6.45) is 0.997. The third-order valence-corrected chi connectivity index (χ3v) is 2.18. The Bertz CT molecular complexity index is 324. The molecule has 6 heteroatoms. The number of hydrogen-bond acceptors (Lipinski definition) is 5. The van der Waals surface area contributed by atoms with Gasteiger partial charge in [0.15, 0.2) is 12.0 Å². The summed E-state index contributed by atoms with van der Waals surface area (Å²) < 4.78 is 6.73. The summed E-state index contributed by atoms with van der Waals surface area (Å²) in [4.78, 5) is 10.7. The molecule has 1 N–H and O–H groups in total. The first kappa shape index (κ1) is 11.8. The fraction of sp³-hybridized carbons (Fsp3) is 0.667. The van der Waals surface area contributed by atoms with E-state index >= 15 is 0 Å². The molecule has 0 aromatic carbocycles. The lowest BCUT2D eigenvalue weighted by Gasteiger charge is -2.11. The van der Waals surface area contributed by atoms with Crippen molar-refractivity contribution < 1.29 is 14.6 Å². The smallest absolute Gasteiger partial charge is 0.172 e. The molecule has 15 heavy (non-hydrogen) atoms. The van der Waals surface area contributed by atoms with Crippen LogP contribution in [-0.2, 0) is 11.3 Å². The van der Waals surface area contributed by atoms with Crippen LogP contribution in [0.15, 0.2) is 0 Å². The lowest BCUT2D eigenvalue weighted by molar-refractivity contribution is 0.104. The Hall–Kier alpha value is -1.27. The number of carbonyl (C=O) groups excluding carboxylic acids is 1. The van der Waals surface area contributed by atoms with Crippen molar-refractivity contribution in [3.05, 3.63) is 11.4 Å². The molecule has 0 aliphatic heterocycles. The zero-order valence-electron chi connectivity index (χ0n) is 8.88. The largest absolute Gasteiger partial charge is 0.396 e. The highest BCUT2D eigenvalue weighted by Gasteiger charge is 2.17. The van der Waals surface area contributed by atoms with Gasteiger partial charge in [0.25, 0.3) is 0 Å². The first-order valence-corrected chi connectivity index (χ1v) is 4.76. The van der Waals surface area contributed by atoms with E-state index in [4.69, 9.17) is 9.84 Å². The van der Waals surface area contributed by atoms with Gasteiger partial charge in [0.1, 0.15) is 0 Å². The van der Waals surface area contributed by atoms with E-state index in [-0.39, 0.29) is 12.7 Å². The predicted octanol–water partition coefficient (Wildman–Crippen LogP) is 0.180. The van der Waals surface area contributed by atoms with Crippen LogP contribution in [0.5, 0.6) is 0 Å². The number of rotatable bonds is 6. The van der Waals surface area contributed by atoms with Crippen LogP contribution in [-0.4, -0.2) is 40.1 Å². The zero-order chi connectivity index (χ0) is 11.3. The molecule has 0 spiro atoms. The van der Waals surface area contributed by atoms with Crippen LogP contribution in [0.25, 0.3) is 0 Å². The van der Waals surface area contributed by atoms with Crippen LogP contribution >= 0.6 is 0 Å². The first-order valence-electron chi connectivity index (χ1n) is 4.76. The highest BCUT2D eigenvalue weighted by molar-refractivity contribution is 5.73. The number of methoxy groups -OCH3 is 1. The maximum atomic E-state index is 10.7. The van der Waals surface area contributed by atoms with Crippen molar-refractivity contribution in [3.63, 3.8) is 0 Å². The Labute approximate surface area is 87.9 Å². The molecular formula is C9H15N3O3. The second-order valence-corrected chi connectivity index (χ2v) is 3.16. The van der Waals surface area contributed by atoms with Gasteiger partial charge in [0.05, 0.1) is 11.8 Å². The van der Waals surface area contributed by atoms with Gasteiger partial charge < -0.3 is 9.84 Å². The van der Waals surface area contributed by atoms with Gasteiger partial charge in [-0.3, -0.25) is 4.79 Å². The molecule has 0 saturated heterocycles. The van der Waals surface area contributed by atoms with E-state index in [1.54, 1.807) is 11.8 Å². The Morgan fingerprint density at radius 1 is 1.67 bits per heavy atom. The normalized spacial score (nSPS) is 12.7. The fourth-order valence-electron chi connectivity index (χ4n) is 1.33. The van der Waals surface area contributed by atoms with Crippen molar-refractivity contribution in [3.8, 4) is 0 Å². The van der Waals surface area contributed by atoms with Gasteiger partial charge in [-0.1, -0.05) is 5.21 Å². The monoisotopic (exact) mass is 213 g/mol. The Balaban J connectivity index is 2.94. The van der Waals surface area contributed by atoms with Gasteiger partial charge in [0.2, 0.25) is 0 Å². The summed E-state index contributed by atoms with van der Waals surface area (Å²) in [5.41, 5.74) is 0.947. The lowest BCUT2D eigenvalue weighted by Crippen LogP contribution is -2.11. The van der Waals surface area contributed by atoms with Crippen molar-refractivity contribution in [2.45, 2.75) is 26.0 Å². The van der Waals surface area contributed by atoms with E-state index in [1.807, 2.05) is 6.92 Å². The average Bonchev–Trinajstić information content (AvgIpc) is 2.68. The maximum Gasteiger partial charge on any atom is 0.172 e. The van der Waals surface area contributed by atoms with Crippen LogP contribution in [0.3, 0.4) is 0 Å². The molecule has 0 bridgehead atoms. The van der Waals surface area contributed by atoms with Gasteiger partial charge in [-0.15, -0.1) is 5.10 Å². The topological polar surface area (TPSA) is 77.2 Å². The second kappa shape index (κ2) is 5.57. The molecule has 0 fully saturated rings. The first-order chi connectivity index (χ1) is 7.24. The van der Waals surface area contributed by atoms with Crippen molar-refractivity contribution in [1.29, 1.82) is 0 Å². The molecule has 6 nitrogen and oxygen atoms in total. The van der Waals surface area contributed by atoms with Crippen LogP contribution in [0.1, 0.15) is 35.6 Å². The fourth-order valence-corrected chi connectivity index (χ4v) is 1.33. The van der Waals surface area contributed by atoms with Gasteiger partial charge >= 0.3 is 0 Å². The number of carbonyl (C=O) groups is 1. The molecule has 1 atom stereocenters. The third-order valence-electron chi connectivity index (χ3n) is 2.18. The quantitative estimate of drug-likeness (QED) is 0.682. The number of aliphatic hydroxyl groups is 1. The summed E-state index contributed by atoms with van der Waals surface area (Å²) in [6.45, 7) is 2.43. The van der Waals surface area contributed by atoms with Gasteiger partial charge in [-0.2, -0.15) is 0 Å². The highest BCUT2D eigenvalue weighted by atomic mass is 16.5. The van der Waals surface area contributed by atoms with E-state index in [2.05, 4.69) is 10.3 Å². The average molecular weight is 213 g/mol. The lowest BCUT2D eigenvalue weighted by atomic mass is 10.2. The number of aliphatic hydroxyl groups excluding tert-OH is 1. The van der Waals surface area contributed by atoms with Crippen LogP contribution < -0.4 is 0 Å². The molecular weight excluding hydrogens is 198 g/mol. The van der Waals surface area contributed by atoms with Gasteiger partial charge in [-0.25, -0.2) is 4.68 Å². The van der Waals surface area contributed by atoms with Crippen LogP contribution in [0.4, 0.5) is 0 Å². The Morgan fingerprint density at radius 3 is 2.93 bits per heavy atom. The van der Waals surface area contributed by atoms with E-state index < -0.39 is 0 Å². The van der Waals surface area contributed by atoms with Gasteiger partial charge in [-0.05, 0) is 13.3 Å². The van der Waals surface area contributed by atoms with E-state index in [1.165, 1.54) is 0 Å². The van der Waals surface area contributed by atoms with Crippen LogP contribution in [0.2, 0.25) is 0 Å². The molecule has 1 rings (SSSR count). The minimum Gasteiger partial charge on any atom is -0.396 e. The highest BCUT2D eigenvalue weighted by Crippen LogP contribution is 2.17.